The molecule has 2 aromatic heterocycles. The number of rotatable bonds is 8. The van der Waals surface area contributed by atoms with Gasteiger partial charge in [-0.05, 0) is 40.9 Å². The summed E-state index contributed by atoms with van der Waals surface area (Å²) in [5.41, 5.74) is 0.138. The Kier molecular flexibility index (Phi) is 6.91. The summed E-state index contributed by atoms with van der Waals surface area (Å²) in [6.45, 7) is -0.506. The van der Waals surface area contributed by atoms with Gasteiger partial charge < -0.3 is 24.8 Å². The molecule has 5 atom stereocenters. The number of hydrogen-bond donors (Lipinski definition) is 3. The van der Waals surface area contributed by atoms with E-state index in [1.165, 1.54) is 30.1 Å². The van der Waals surface area contributed by atoms with Crippen molar-refractivity contribution in [2.24, 2.45) is 0 Å². The van der Waals surface area contributed by atoms with Crippen molar-refractivity contribution in [1.82, 2.24) is 30.0 Å². The van der Waals surface area contributed by atoms with E-state index in [-0.39, 0.29) is 28.8 Å². The Morgan fingerprint density at radius 1 is 1.14 bits per heavy atom. The molecule has 0 bridgehead atoms. The number of aliphatic hydroxyl groups is 3. The Morgan fingerprint density at radius 2 is 1.92 bits per heavy atom. The molecule has 0 amide bonds. The molecule has 194 valence electrons. The lowest BCUT2D eigenvalue weighted by Gasteiger charge is -2.43. The van der Waals surface area contributed by atoms with Crippen LogP contribution in [0.5, 0.6) is 0 Å². The molecule has 0 spiro atoms. The summed E-state index contributed by atoms with van der Waals surface area (Å²) >= 11 is 2.95. The Balaban J connectivity index is 1.43. The Labute approximate surface area is 212 Å². The number of benzene rings is 1. The maximum absolute atomic E-state index is 14.5. The van der Waals surface area contributed by atoms with Crippen LogP contribution in [0.15, 0.2) is 29.0 Å². The normalized spacial score (nSPS) is 27.4. The molecule has 3 aromatic rings. The molecule has 0 unspecified atom stereocenters. The quantitative estimate of drug-likeness (QED) is 0.338. The molecule has 1 saturated heterocycles. The van der Waals surface area contributed by atoms with Crippen LogP contribution in [0, 0.1) is 11.6 Å². The molecule has 0 radical (unpaired) electrons. The van der Waals surface area contributed by atoms with Crippen LogP contribution in [0.1, 0.15) is 24.6 Å². The zero-order chi connectivity index (χ0) is 25.6. The van der Waals surface area contributed by atoms with Crippen LogP contribution in [0.4, 0.5) is 8.78 Å². The van der Waals surface area contributed by atoms with Crippen molar-refractivity contribution in [3.05, 3.63) is 46.3 Å². The zero-order valence-corrected chi connectivity index (χ0v) is 20.8. The van der Waals surface area contributed by atoms with E-state index < -0.39 is 54.2 Å². The van der Waals surface area contributed by atoms with E-state index in [0.717, 1.165) is 12.8 Å². The van der Waals surface area contributed by atoms with E-state index in [2.05, 4.69) is 36.6 Å². The number of methoxy groups -OCH3 is 1. The number of hydrogen-bond acceptors (Lipinski definition) is 9. The van der Waals surface area contributed by atoms with Gasteiger partial charge in [0.2, 0.25) is 0 Å². The van der Waals surface area contributed by atoms with Gasteiger partial charge in [0.1, 0.15) is 30.0 Å². The summed E-state index contributed by atoms with van der Waals surface area (Å²) in [4.78, 5) is 0. The SMILES string of the molecule is CO[C@@H]1[C@@H](n2cc(-c3ccc(Br)c(F)c3F)nn2)[C@@H](O)[C@@H](CO)O[C@@H]1Cc1cn(C2(CO)CC2)nn1. The molecule has 36 heavy (non-hydrogen) atoms. The first-order valence-electron chi connectivity index (χ1n) is 11.4. The van der Waals surface area contributed by atoms with Crippen molar-refractivity contribution in [1.29, 1.82) is 0 Å². The average Bonchev–Trinajstić information content (AvgIpc) is 3.28. The highest BCUT2D eigenvalue weighted by Gasteiger charge is 2.48. The first-order chi connectivity index (χ1) is 17.3. The predicted octanol–water partition coefficient (Wildman–Crippen LogP) is 0.978. The van der Waals surface area contributed by atoms with Gasteiger partial charge in [-0.15, -0.1) is 10.2 Å². The first-order valence-corrected chi connectivity index (χ1v) is 12.2. The van der Waals surface area contributed by atoms with Crippen LogP contribution in [-0.2, 0) is 21.4 Å². The highest BCUT2D eigenvalue weighted by molar-refractivity contribution is 9.10. The predicted molar refractivity (Wildman–Crippen MR) is 123 cm³/mol. The molecule has 5 rings (SSSR count). The van der Waals surface area contributed by atoms with Crippen LogP contribution >= 0.6 is 15.9 Å². The van der Waals surface area contributed by atoms with Gasteiger partial charge in [0.05, 0.1) is 41.2 Å². The smallest absolute Gasteiger partial charge is 0.173 e. The minimum Gasteiger partial charge on any atom is -0.394 e. The summed E-state index contributed by atoms with van der Waals surface area (Å²) in [5, 5.41) is 46.9. The van der Waals surface area contributed by atoms with Crippen LogP contribution in [-0.4, -0.2) is 90.0 Å². The number of halogens is 3. The van der Waals surface area contributed by atoms with Gasteiger partial charge in [-0.2, -0.15) is 0 Å². The van der Waals surface area contributed by atoms with Gasteiger partial charge in [0.25, 0.3) is 0 Å². The molecule has 14 heteroatoms. The van der Waals surface area contributed by atoms with Crippen molar-refractivity contribution >= 4 is 15.9 Å². The standard InChI is InChI=1S/C22H25BrF2N6O5/c1-35-21-15(6-11-7-31(29-26-11)22(10-33)4-5-22)36-16(9-32)20(34)19(21)30-8-14(27-28-30)12-2-3-13(23)18(25)17(12)24/h2-3,7-8,15-16,19-21,32-34H,4-6,9-10H2,1H3/t15-,16-,19+,20+,21+/m1/s1. The monoisotopic (exact) mass is 570 g/mol. The lowest BCUT2D eigenvalue weighted by Crippen LogP contribution is -2.57. The van der Waals surface area contributed by atoms with Crippen LogP contribution in [0.25, 0.3) is 11.3 Å². The fourth-order valence-corrected chi connectivity index (χ4v) is 4.94. The summed E-state index contributed by atoms with van der Waals surface area (Å²) in [6.07, 6.45) is 1.36. The Bertz CT molecular complexity index is 1240. The molecule has 1 aliphatic carbocycles. The largest absolute Gasteiger partial charge is 0.394 e. The lowest BCUT2D eigenvalue weighted by atomic mass is 9.90. The van der Waals surface area contributed by atoms with E-state index in [1.54, 1.807) is 10.9 Å². The maximum atomic E-state index is 14.5. The topological polar surface area (TPSA) is 141 Å². The third-order valence-corrected chi connectivity index (χ3v) is 7.53. The highest BCUT2D eigenvalue weighted by Crippen LogP contribution is 2.42. The molecule has 1 aliphatic heterocycles. The van der Waals surface area contributed by atoms with Crippen molar-refractivity contribution < 1.29 is 33.6 Å². The van der Waals surface area contributed by atoms with Crippen molar-refractivity contribution in [3.8, 4) is 11.3 Å². The second kappa shape index (κ2) is 9.84. The van der Waals surface area contributed by atoms with Crippen LogP contribution in [0.3, 0.4) is 0 Å². The molecule has 3 N–H and O–H groups in total. The molecule has 3 heterocycles. The molecule has 1 saturated carbocycles. The van der Waals surface area contributed by atoms with Gasteiger partial charge in [0, 0.05) is 25.3 Å². The van der Waals surface area contributed by atoms with Crippen molar-refractivity contribution in [2.45, 2.75) is 55.3 Å². The second-order valence-electron chi connectivity index (χ2n) is 9.12. The zero-order valence-electron chi connectivity index (χ0n) is 19.2. The fourth-order valence-electron chi connectivity index (χ4n) is 4.63. The third kappa shape index (κ3) is 4.35. The molecular formula is C22H25BrF2N6O5. The molecule has 1 aromatic carbocycles. The molecule has 2 fully saturated rings. The van der Waals surface area contributed by atoms with E-state index in [0.29, 0.717) is 5.69 Å². The van der Waals surface area contributed by atoms with Crippen LogP contribution in [0.2, 0.25) is 0 Å². The minimum absolute atomic E-state index is 0.0207. The number of ether oxygens (including phenoxy) is 2. The minimum atomic E-state index is -1.24. The van der Waals surface area contributed by atoms with Gasteiger partial charge in [-0.3, -0.25) is 0 Å². The summed E-state index contributed by atoms with van der Waals surface area (Å²) < 4.78 is 43.2. The van der Waals surface area contributed by atoms with E-state index in [1.807, 2.05) is 0 Å². The van der Waals surface area contributed by atoms with Crippen molar-refractivity contribution in [3.63, 3.8) is 0 Å². The fraction of sp³-hybridized carbons (Fsp3) is 0.545. The Hall–Kier alpha value is -2.36. The maximum Gasteiger partial charge on any atom is 0.173 e. The molecule has 11 nitrogen and oxygen atoms in total. The Morgan fingerprint density at radius 3 is 2.58 bits per heavy atom. The van der Waals surface area contributed by atoms with Gasteiger partial charge in [-0.25, -0.2) is 18.1 Å². The lowest BCUT2D eigenvalue weighted by molar-refractivity contribution is -0.212. The van der Waals surface area contributed by atoms with Crippen LogP contribution < -0.4 is 0 Å². The summed E-state index contributed by atoms with van der Waals surface area (Å²) in [6, 6.07) is 1.87. The molecular weight excluding hydrogens is 546 g/mol. The van der Waals surface area contributed by atoms with E-state index >= 15 is 0 Å². The van der Waals surface area contributed by atoms with Crippen molar-refractivity contribution in [2.75, 3.05) is 20.3 Å². The average molecular weight is 571 g/mol. The van der Waals surface area contributed by atoms with Gasteiger partial charge in [0.15, 0.2) is 11.6 Å². The number of nitrogens with zero attached hydrogens (tertiary/aromatic N) is 6. The second-order valence-corrected chi connectivity index (χ2v) is 9.98. The first kappa shape index (κ1) is 25.3. The molecule has 2 aliphatic rings. The number of aromatic nitrogens is 6. The van der Waals surface area contributed by atoms with E-state index in [9.17, 15) is 24.1 Å². The third-order valence-electron chi connectivity index (χ3n) is 6.92. The van der Waals surface area contributed by atoms with Gasteiger partial charge >= 0.3 is 0 Å². The van der Waals surface area contributed by atoms with Gasteiger partial charge in [-0.1, -0.05) is 10.4 Å². The van der Waals surface area contributed by atoms with E-state index in [4.69, 9.17) is 9.47 Å². The highest BCUT2D eigenvalue weighted by atomic mass is 79.9. The summed E-state index contributed by atoms with van der Waals surface area (Å²) in [7, 11) is 1.45. The number of aliphatic hydroxyl groups excluding tert-OH is 3. The summed E-state index contributed by atoms with van der Waals surface area (Å²) in [5.74, 6) is -2.14.